The third kappa shape index (κ3) is 3.95. The Kier molecular flexibility index (Phi) is 5.47. The van der Waals surface area contributed by atoms with Crippen LogP contribution in [0.1, 0.15) is 38.6 Å². The predicted molar refractivity (Wildman–Crippen MR) is 114 cm³/mol. The van der Waals surface area contributed by atoms with Crippen LogP contribution in [0.15, 0.2) is 72.8 Å². The Bertz CT molecular complexity index is 1000. The zero-order valence-corrected chi connectivity index (χ0v) is 16.8. The number of hydrogen-bond donors (Lipinski definition) is 2. The lowest BCUT2D eigenvalue weighted by Crippen LogP contribution is -2.36. The van der Waals surface area contributed by atoms with Crippen LogP contribution < -0.4 is 5.32 Å². The molecule has 0 saturated carbocycles. The highest BCUT2D eigenvalue weighted by atomic mass is 32.1. The van der Waals surface area contributed by atoms with E-state index in [1.165, 1.54) is 11.3 Å². The van der Waals surface area contributed by atoms with Gasteiger partial charge in [-0.3, -0.25) is 9.59 Å². The number of likely N-dealkylation sites (tertiary alicyclic amines) is 1. The molecule has 148 valence electrons. The molecule has 0 radical (unpaired) electrons. The van der Waals surface area contributed by atoms with Crippen molar-refractivity contribution in [2.45, 2.75) is 24.5 Å². The monoisotopic (exact) mass is 406 g/mol. The van der Waals surface area contributed by atoms with Gasteiger partial charge in [0.05, 0.1) is 10.9 Å². The van der Waals surface area contributed by atoms with E-state index in [1.807, 2.05) is 60.7 Å². The third-order valence-electron chi connectivity index (χ3n) is 5.37. The standard InChI is InChI=1S/C23H22N2O3S/c1-25-20(26)14-17(15-8-4-2-5-9-15)21(25)22(27)18-12-13-19(29-18)23(28)24-16-10-6-3-7-11-16/h2-13,17,21-22,27H,14H2,1H3,(H,24,28)/t17-,21-,22?/m1/s1. The van der Waals surface area contributed by atoms with E-state index in [2.05, 4.69) is 5.32 Å². The molecule has 1 saturated heterocycles. The van der Waals surface area contributed by atoms with E-state index in [0.29, 0.717) is 16.2 Å². The number of nitrogens with one attached hydrogen (secondary N) is 1. The summed E-state index contributed by atoms with van der Waals surface area (Å²) in [5.41, 5.74) is 1.76. The van der Waals surface area contributed by atoms with Crippen LogP contribution in [0.3, 0.4) is 0 Å². The number of benzene rings is 2. The van der Waals surface area contributed by atoms with Crippen molar-refractivity contribution in [3.05, 3.63) is 88.1 Å². The molecule has 1 aliphatic heterocycles. The highest BCUT2D eigenvalue weighted by Crippen LogP contribution is 2.41. The van der Waals surface area contributed by atoms with E-state index in [4.69, 9.17) is 0 Å². The number of rotatable bonds is 5. The molecule has 1 unspecified atom stereocenters. The second-order valence-corrected chi connectivity index (χ2v) is 8.30. The molecule has 0 spiro atoms. The van der Waals surface area contributed by atoms with Gasteiger partial charge in [-0.25, -0.2) is 0 Å². The van der Waals surface area contributed by atoms with Crippen LogP contribution in [-0.2, 0) is 4.79 Å². The number of para-hydroxylation sites is 1. The maximum atomic E-state index is 12.5. The largest absolute Gasteiger partial charge is 0.385 e. The quantitative estimate of drug-likeness (QED) is 0.672. The molecular formula is C23H22N2O3S. The Morgan fingerprint density at radius 2 is 1.72 bits per heavy atom. The number of nitrogens with zero attached hydrogens (tertiary/aromatic N) is 1. The van der Waals surface area contributed by atoms with E-state index in [0.717, 1.165) is 11.3 Å². The van der Waals surface area contributed by atoms with Gasteiger partial charge in [0, 0.05) is 30.0 Å². The Morgan fingerprint density at radius 3 is 2.41 bits per heavy atom. The molecule has 1 aliphatic rings. The molecule has 1 aromatic heterocycles. The molecule has 2 N–H and O–H groups in total. The molecule has 2 heterocycles. The van der Waals surface area contributed by atoms with Gasteiger partial charge in [-0.05, 0) is 29.8 Å². The van der Waals surface area contributed by atoms with Gasteiger partial charge >= 0.3 is 0 Å². The first kappa shape index (κ1) is 19.4. The molecule has 3 atom stereocenters. The number of aliphatic hydroxyl groups is 1. The van der Waals surface area contributed by atoms with Crippen LogP contribution >= 0.6 is 11.3 Å². The van der Waals surface area contributed by atoms with Gasteiger partial charge in [-0.2, -0.15) is 0 Å². The summed E-state index contributed by atoms with van der Waals surface area (Å²) in [6.45, 7) is 0. The van der Waals surface area contributed by atoms with E-state index in [-0.39, 0.29) is 23.8 Å². The highest BCUT2D eigenvalue weighted by Gasteiger charge is 2.43. The summed E-state index contributed by atoms with van der Waals surface area (Å²) < 4.78 is 0. The van der Waals surface area contributed by atoms with Crippen molar-refractivity contribution in [1.82, 2.24) is 4.90 Å². The lowest BCUT2D eigenvalue weighted by molar-refractivity contribution is -0.128. The minimum absolute atomic E-state index is 0.0153. The zero-order chi connectivity index (χ0) is 20.4. The summed E-state index contributed by atoms with van der Waals surface area (Å²) in [5, 5.41) is 14.0. The number of aliphatic hydroxyl groups excluding tert-OH is 1. The van der Waals surface area contributed by atoms with Crippen molar-refractivity contribution >= 4 is 28.8 Å². The first-order valence-electron chi connectivity index (χ1n) is 9.49. The minimum Gasteiger partial charge on any atom is -0.385 e. The molecular weight excluding hydrogens is 384 g/mol. The van der Waals surface area contributed by atoms with Gasteiger partial charge in [-0.1, -0.05) is 48.5 Å². The first-order valence-corrected chi connectivity index (χ1v) is 10.3. The van der Waals surface area contributed by atoms with Crippen molar-refractivity contribution < 1.29 is 14.7 Å². The fraction of sp³-hybridized carbons (Fsp3) is 0.217. The van der Waals surface area contributed by atoms with Gasteiger partial charge in [-0.15, -0.1) is 11.3 Å². The molecule has 1 fully saturated rings. The van der Waals surface area contributed by atoms with Crippen molar-refractivity contribution in [3.8, 4) is 0 Å². The minimum atomic E-state index is -0.861. The second-order valence-electron chi connectivity index (χ2n) is 7.18. The summed E-state index contributed by atoms with van der Waals surface area (Å²) in [7, 11) is 1.73. The van der Waals surface area contributed by atoms with Gasteiger partial charge in [0.2, 0.25) is 5.91 Å². The number of carbonyl (C=O) groups is 2. The molecule has 5 nitrogen and oxygen atoms in total. The van der Waals surface area contributed by atoms with E-state index >= 15 is 0 Å². The SMILES string of the molecule is CN1C(=O)C[C@H](c2ccccc2)[C@@H]1C(O)c1ccc(C(=O)Nc2ccccc2)s1. The molecule has 0 aliphatic carbocycles. The van der Waals surface area contributed by atoms with E-state index < -0.39 is 6.10 Å². The lowest BCUT2D eigenvalue weighted by Gasteiger charge is -2.29. The van der Waals surface area contributed by atoms with Crippen molar-refractivity contribution in [3.63, 3.8) is 0 Å². The molecule has 3 aromatic rings. The van der Waals surface area contributed by atoms with E-state index in [9.17, 15) is 14.7 Å². The third-order valence-corrected chi connectivity index (χ3v) is 6.53. The average Bonchev–Trinajstić information content (AvgIpc) is 3.35. The molecule has 2 amide bonds. The second kappa shape index (κ2) is 8.19. The zero-order valence-electron chi connectivity index (χ0n) is 16.0. The van der Waals surface area contributed by atoms with Gasteiger partial charge in [0.15, 0.2) is 0 Å². The lowest BCUT2D eigenvalue weighted by atomic mass is 9.88. The summed E-state index contributed by atoms with van der Waals surface area (Å²) in [4.78, 5) is 27.7. The molecule has 0 bridgehead atoms. The smallest absolute Gasteiger partial charge is 0.265 e. The average molecular weight is 407 g/mol. The maximum absolute atomic E-state index is 12.5. The molecule has 29 heavy (non-hydrogen) atoms. The summed E-state index contributed by atoms with van der Waals surface area (Å²) in [5.74, 6) is -0.288. The van der Waals surface area contributed by atoms with Crippen molar-refractivity contribution in [1.29, 1.82) is 0 Å². The van der Waals surface area contributed by atoms with Crippen molar-refractivity contribution in [2.24, 2.45) is 0 Å². The fourth-order valence-electron chi connectivity index (χ4n) is 3.85. The Balaban J connectivity index is 1.55. The molecule has 2 aromatic carbocycles. The van der Waals surface area contributed by atoms with Crippen LogP contribution in [-0.4, -0.2) is 34.9 Å². The first-order chi connectivity index (χ1) is 14.0. The number of hydrogen-bond acceptors (Lipinski definition) is 4. The van der Waals surface area contributed by atoms with Crippen LogP contribution in [0.2, 0.25) is 0 Å². The van der Waals surface area contributed by atoms with Crippen LogP contribution in [0.25, 0.3) is 0 Å². The van der Waals surface area contributed by atoms with Crippen LogP contribution in [0.5, 0.6) is 0 Å². The predicted octanol–water partition coefficient (Wildman–Crippen LogP) is 4.05. The summed E-state index contributed by atoms with van der Waals surface area (Å²) in [6, 6.07) is 22.2. The molecule has 4 rings (SSSR count). The van der Waals surface area contributed by atoms with E-state index in [1.54, 1.807) is 24.1 Å². The fourth-order valence-corrected chi connectivity index (χ4v) is 4.78. The number of thiophene rings is 1. The van der Waals surface area contributed by atoms with Gasteiger partial charge in [0.25, 0.3) is 5.91 Å². The van der Waals surface area contributed by atoms with Crippen LogP contribution in [0, 0.1) is 0 Å². The topological polar surface area (TPSA) is 69.6 Å². The summed E-state index contributed by atoms with van der Waals surface area (Å²) in [6.07, 6.45) is -0.491. The normalized spacial score (nSPS) is 19.9. The number of carbonyl (C=O) groups excluding carboxylic acids is 2. The highest BCUT2D eigenvalue weighted by molar-refractivity contribution is 7.14. The Labute approximate surface area is 173 Å². The van der Waals surface area contributed by atoms with Crippen molar-refractivity contribution in [2.75, 3.05) is 12.4 Å². The number of likely N-dealkylation sites (N-methyl/N-ethyl adjacent to an activating group) is 1. The van der Waals surface area contributed by atoms with Gasteiger partial charge in [0.1, 0.15) is 6.10 Å². The van der Waals surface area contributed by atoms with Gasteiger partial charge < -0.3 is 15.3 Å². The molecule has 6 heteroatoms. The Hall–Kier alpha value is -2.96. The number of anilines is 1. The maximum Gasteiger partial charge on any atom is 0.265 e. The number of amides is 2. The van der Waals surface area contributed by atoms with Crippen LogP contribution in [0.4, 0.5) is 5.69 Å². The summed E-state index contributed by atoms with van der Waals surface area (Å²) >= 11 is 1.26. The Morgan fingerprint density at radius 1 is 1.07 bits per heavy atom.